The monoisotopic (exact) mass is 268 g/mol. The molecule has 0 saturated heterocycles. The van der Waals surface area contributed by atoms with Gasteiger partial charge in [-0.1, -0.05) is 18.2 Å². The predicted octanol–water partition coefficient (Wildman–Crippen LogP) is 3.03. The smallest absolute Gasteiger partial charge is 0.178 e. The Balaban J connectivity index is 1.87. The van der Waals surface area contributed by atoms with Gasteiger partial charge >= 0.3 is 0 Å². The number of benzene rings is 1. The van der Waals surface area contributed by atoms with Crippen molar-refractivity contribution in [2.45, 2.75) is 32.7 Å². The van der Waals surface area contributed by atoms with E-state index in [2.05, 4.69) is 22.0 Å². The number of Topliss-reactive ketones (excluding diaryl/α,β-unsaturated/α-hetero) is 1. The molecule has 20 heavy (non-hydrogen) atoms. The highest BCUT2D eigenvalue weighted by Gasteiger charge is 2.23. The molecule has 0 spiro atoms. The molecule has 1 N–H and O–H groups in total. The first-order valence-electron chi connectivity index (χ1n) is 7.18. The average molecular weight is 268 g/mol. The molecule has 2 aromatic rings. The molecule has 0 atom stereocenters. The Morgan fingerprint density at radius 3 is 2.60 bits per heavy atom. The van der Waals surface area contributed by atoms with Gasteiger partial charge in [-0.3, -0.25) is 4.79 Å². The second-order valence-electron chi connectivity index (χ2n) is 5.53. The van der Waals surface area contributed by atoms with Gasteiger partial charge in [0.1, 0.15) is 0 Å². The van der Waals surface area contributed by atoms with Crippen molar-refractivity contribution >= 4 is 5.78 Å². The molecule has 3 heteroatoms. The van der Waals surface area contributed by atoms with Gasteiger partial charge in [0.2, 0.25) is 0 Å². The molecule has 0 radical (unpaired) electrons. The number of ketones is 1. The Morgan fingerprint density at radius 2 is 1.95 bits per heavy atom. The number of rotatable bonds is 5. The predicted molar refractivity (Wildman–Crippen MR) is 80.6 cm³/mol. The van der Waals surface area contributed by atoms with Gasteiger partial charge in [0, 0.05) is 28.7 Å². The summed E-state index contributed by atoms with van der Waals surface area (Å²) in [6.45, 7) is 4.51. The van der Waals surface area contributed by atoms with Crippen LogP contribution in [-0.2, 0) is 0 Å². The van der Waals surface area contributed by atoms with Crippen molar-refractivity contribution in [1.29, 1.82) is 0 Å². The number of hydrogen-bond acceptors (Lipinski definition) is 2. The van der Waals surface area contributed by atoms with Gasteiger partial charge in [0.05, 0.1) is 6.54 Å². The zero-order chi connectivity index (χ0) is 14.1. The zero-order valence-electron chi connectivity index (χ0n) is 12.0. The summed E-state index contributed by atoms with van der Waals surface area (Å²) in [7, 11) is 0. The third-order valence-electron chi connectivity index (χ3n) is 3.87. The summed E-state index contributed by atoms with van der Waals surface area (Å²) in [6, 6.07) is 12.7. The minimum absolute atomic E-state index is 0.187. The van der Waals surface area contributed by atoms with E-state index in [4.69, 9.17) is 0 Å². The molecule has 1 fully saturated rings. The van der Waals surface area contributed by atoms with Crippen LogP contribution in [0.3, 0.4) is 0 Å². The molecule has 0 aliphatic heterocycles. The van der Waals surface area contributed by atoms with Crippen LogP contribution < -0.4 is 5.32 Å². The van der Waals surface area contributed by atoms with Crippen LogP contribution in [0, 0.1) is 13.8 Å². The largest absolute Gasteiger partial charge is 0.318 e. The van der Waals surface area contributed by atoms with Crippen molar-refractivity contribution in [2.75, 3.05) is 6.54 Å². The number of aromatic nitrogens is 1. The van der Waals surface area contributed by atoms with Crippen molar-refractivity contribution in [3.05, 3.63) is 53.3 Å². The number of carbonyl (C=O) groups is 1. The second kappa shape index (κ2) is 5.25. The average Bonchev–Trinajstić information content (AvgIpc) is 3.23. The molecule has 104 valence electrons. The molecular formula is C17H20N2O. The van der Waals surface area contributed by atoms with E-state index in [1.165, 1.54) is 12.8 Å². The van der Waals surface area contributed by atoms with Crippen LogP contribution in [0.1, 0.15) is 34.6 Å². The van der Waals surface area contributed by atoms with E-state index in [1.807, 2.05) is 38.1 Å². The van der Waals surface area contributed by atoms with Crippen LogP contribution in [0.25, 0.3) is 5.69 Å². The first-order chi connectivity index (χ1) is 9.66. The lowest BCUT2D eigenvalue weighted by Crippen LogP contribution is -2.25. The lowest BCUT2D eigenvalue weighted by molar-refractivity contribution is 0.0990. The number of nitrogens with zero attached hydrogens (tertiary/aromatic N) is 1. The Labute approximate surface area is 119 Å². The maximum atomic E-state index is 12.3. The first kappa shape index (κ1) is 13.1. The number of para-hydroxylation sites is 1. The summed E-state index contributed by atoms with van der Waals surface area (Å²) in [5.74, 6) is 0.187. The third-order valence-corrected chi connectivity index (χ3v) is 3.87. The Bertz CT molecular complexity index is 624. The van der Waals surface area contributed by atoms with E-state index < -0.39 is 0 Å². The van der Waals surface area contributed by atoms with Crippen molar-refractivity contribution in [3.63, 3.8) is 0 Å². The third kappa shape index (κ3) is 2.54. The summed E-state index contributed by atoms with van der Waals surface area (Å²) in [5, 5.41) is 3.29. The molecule has 1 saturated carbocycles. The van der Waals surface area contributed by atoms with Gasteiger partial charge in [-0.15, -0.1) is 0 Å². The van der Waals surface area contributed by atoms with E-state index in [0.717, 1.165) is 22.6 Å². The highest BCUT2D eigenvalue weighted by Crippen LogP contribution is 2.22. The zero-order valence-corrected chi connectivity index (χ0v) is 12.0. The minimum Gasteiger partial charge on any atom is -0.318 e. The molecule has 1 aliphatic rings. The fourth-order valence-corrected chi connectivity index (χ4v) is 2.64. The van der Waals surface area contributed by atoms with Crippen LogP contribution in [-0.4, -0.2) is 22.9 Å². The van der Waals surface area contributed by atoms with Gasteiger partial charge in [-0.05, 0) is 44.9 Å². The Kier molecular flexibility index (Phi) is 3.45. The number of nitrogens with one attached hydrogen (secondary N) is 1. The Morgan fingerprint density at radius 1 is 1.25 bits per heavy atom. The second-order valence-corrected chi connectivity index (χ2v) is 5.53. The molecule has 1 aromatic heterocycles. The fourth-order valence-electron chi connectivity index (χ4n) is 2.64. The van der Waals surface area contributed by atoms with E-state index in [0.29, 0.717) is 12.6 Å². The maximum Gasteiger partial charge on any atom is 0.178 e. The quantitative estimate of drug-likeness (QED) is 0.846. The van der Waals surface area contributed by atoms with Gasteiger partial charge in [0.25, 0.3) is 0 Å². The summed E-state index contributed by atoms with van der Waals surface area (Å²) in [4.78, 5) is 12.3. The van der Waals surface area contributed by atoms with Crippen molar-refractivity contribution in [3.8, 4) is 5.69 Å². The van der Waals surface area contributed by atoms with E-state index in [-0.39, 0.29) is 5.78 Å². The maximum absolute atomic E-state index is 12.3. The van der Waals surface area contributed by atoms with Crippen molar-refractivity contribution in [1.82, 2.24) is 9.88 Å². The minimum atomic E-state index is 0.187. The number of carbonyl (C=O) groups excluding carboxylic acids is 1. The van der Waals surface area contributed by atoms with Gasteiger partial charge < -0.3 is 9.88 Å². The SMILES string of the molecule is Cc1cc(C(=O)CNC2CC2)c(C)n1-c1ccccc1. The summed E-state index contributed by atoms with van der Waals surface area (Å²) >= 11 is 0. The number of hydrogen-bond donors (Lipinski definition) is 1. The molecule has 0 unspecified atom stereocenters. The van der Waals surface area contributed by atoms with E-state index in [1.54, 1.807) is 0 Å². The Hall–Kier alpha value is -1.87. The standard InChI is InChI=1S/C17H20N2O/c1-12-10-16(17(20)11-18-14-8-9-14)13(2)19(12)15-6-4-3-5-7-15/h3-7,10,14,18H,8-9,11H2,1-2H3. The fraction of sp³-hybridized carbons (Fsp3) is 0.353. The van der Waals surface area contributed by atoms with Gasteiger partial charge in [0.15, 0.2) is 5.78 Å². The molecule has 1 aliphatic carbocycles. The summed E-state index contributed by atoms with van der Waals surface area (Å²) < 4.78 is 2.14. The van der Waals surface area contributed by atoms with Crippen LogP contribution in [0.2, 0.25) is 0 Å². The first-order valence-corrected chi connectivity index (χ1v) is 7.18. The van der Waals surface area contributed by atoms with E-state index in [9.17, 15) is 4.79 Å². The molecule has 0 amide bonds. The van der Waals surface area contributed by atoms with Crippen LogP contribution in [0.15, 0.2) is 36.4 Å². The molecule has 1 heterocycles. The van der Waals surface area contributed by atoms with Crippen LogP contribution in [0.5, 0.6) is 0 Å². The molecular weight excluding hydrogens is 248 g/mol. The summed E-state index contributed by atoms with van der Waals surface area (Å²) in [5.41, 5.74) is 4.07. The lowest BCUT2D eigenvalue weighted by atomic mass is 10.1. The highest BCUT2D eigenvalue weighted by atomic mass is 16.1. The highest BCUT2D eigenvalue weighted by molar-refractivity contribution is 5.99. The normalized spacial score (nSPS) is 14.5. The molecule has 0 bridgehead atoms. The number of aryl methyl sites for hydroxylation is 1. The molecule has 3 nitrogen and oxygen atoms in total. The van der Waals surface area contributed by atoms with E-state index >= 15 is 0 Å². The van der Waals surface area contributed by atoms with Crippen LogP contribution in [0.4, 0.5) is 0 Å². The van der Waals surface area contributed by atoms with Crippen molar-refractivity contribution < 1.29 is 4.79 Å². The molecule has 1 aromatic carbocycles. The molecule has 3 rings (SSSR count). The summed E-state index contributed by atoms with van der Waals surface area (Å²) in [6.07, 6.45) is 2.41. The topological polar surface area (TPSA) is 34.0 Å². The van der Waals surface area contributed by atoms with Gasteiger partial charge in [-0.2, -0.15) is 0 Å². The van der Waals surface area contributed by atoms with Gasteiger partial charge in [-0.25, -0.2) is 0 Å². The van der Waals surface area contributed by atoms with Crippen molar-refractivity contribution in [2.24, 2.45) is 0 Å². The van der Waals surface area contributed by atoms with Crippen LogP contribution >= 0.6 is 0 Å². The lowest BCUT2D eigenvalue weighted by Gasteiger charge is -2.09.